The van der Waals surface area contributed by atoms with Gasteiger partial charge in [0.25, 0.3) is 0 Å². The fraction of sp³-hybridized carbons (Fsp3) is 0.200. The minimum Gasteiger partial charge on any atom is -0.466 e. The van der Waals surface area contributed by atoms with Gasteiger partial charge in [-0.2, -0.15) is 0 Å². The van der Waals surface area contributed by atoms with E-state index >= 15 is 0 Å². The standard InChI is InChI=1S/C20H23N3O4S/c1-14(13-19(24)27-2)16-5-3-15(4-6-16)11-12-23-28(25,26)18-9-7-17(8-10-18)20(21)22/h3-10,13,23H,11-12H2,1-2H3,(H3,21,22)/b14-13+. The normalized spacial score (nSPS) is 11.9. The molecule has 0 aliphatic carbocycles. The summed E-state index contributed by atoms with van der Waals surface area (Å²) in [6.45, 7) is 2.06. The highest BCUT2D eigenvalue weighted by atomic mass is 32.2. The molecule has 0 atom stereocenters. The van der Waals surface area contributed by atoms with Crippen molar-refractivity contribution in [2.75, 3.05) is 13.7 Å². The number of esters is 1. The highest BCUT2D eigenvalue weighted by Gasteiger charge is 2.13. The van der Waals surface area contributed by atoms with E-state index in [9.17, 15) is 13.2 Å². The van der Waals surface area contributed by atoms with Gasteiger partial charge >= 0.3 is 5.97 Å². The van der Waals surface area contributed by atoms with Crippen molar-refractivity contribution in [2.45, 2.75) is 18.2 Å². The Kier molecular flexibility index (Phi) is 7.08. The number of benzene rings is 2. The highest BCUT2D eigenvalue weighted by Crippen LogP contribution is 2.15. The zero-order chi connectivity index (χ0) is 20.7. The largest absolute Gasteiger partial charge is 0.466 e. The maximum atomic E-state index is 12.3. The summed E-state index contributed by atoms with van der Waals surface area (Å²) in [5.41, 5.74) is 8.47. The lowest BCUT2D eigenvalue weighted by molar-refractivity contribution is -0.134. The minimum atomic E-state index is -3.63. The first-order valence-corrected chi connectivity index (χ1v) is 10.0. The van der Waals surface area contributed by atoms with Gasteiger partial charge in [0.2, 0.25) is 10.0 Å². The molecule has 2 aromatic carbocycles. The first-order chi connectivity index (χ1) is 13.2. The third-order valence-electron chi connectivity index (χ3n) is 4.13. The Bertz CT molecular complexity index is 979. The molecular weight excluding hydrogens is 378 g/mol. The molecular formula is C20H23N3O4S. The maximum absolute atomic E-state index is 12.3. The lowest BCUT2D eigenvalue weighted by atomic mass is 10.0. The average molecular weight is 401 g/mol. The number of methoxy groups -OCH3 is 1. The molecule has 0 spiro atoms. The number of hydrogen-bond acceptors (Lipinski definition) is 5. The molecule has 0 heterocycles. The van der Waals surface area contributed by atoms with E-state index in [1.54, 1.807) is 0 Å². The molecule has 0 radical (unpaired) electrons. The number of amidine groups is 1. The lowest BCUT2D eigenvalue weighted by Crippen LogP contribution is -2.26. The zero-order valence-corrected chi connectivity index (χ0v) is 16.5. The van der Waals surface area contributed by atoms with Crippen LogP contribution in [0.3, 0.4) is 0 Å². The maximum Gasteiger partial charge on any atom is 0.330 e. The fourth-order valence-corrected chi connectivity index (χ4v) is 3.51. The van der Waals surface area contributed by atoms with Crippen LogP contribution in [0.4, 0.5) is 0 Å². The van der Waals surface area contributed by atoms with Crippen molar-refractivity contribution in [2.24, 2.45) is 5.73 Å². The van der Waals surface area contributed by atoms with Crippen molar-refractivity contribution in [1.82, 2.24) is 4.72 Å². The van der Waals surface area contributed by atoms with E-state index in [1.165, 1.54) is 37.5 Å². The Balaban J connectivity index is 1.96. The van der Waals surface area contributed by atoms with Gasteiger partial charge in [0.1, 0.15) is 5.84 Å². The second kappa shape index (κ2) is 9.29. The first-order valence-electron chi connectivity index (χ1n) is 8.52. The number of hydrogen-bond donors (Lipinski definition) is 3. The van der Waals surface area contributed by atoms with Crippen LogP contribution in [-0.4, -0.2) is 33.9 Å². The predicted molar refractivity (Wildman–Crippen MR) is 108 cm³/mol. The second-order valence-corrected chi connectivity index (χ2v) is 7.90. The van der Waals surface area contributed by atoms with Crippen molar-refractivity contribution in [3.05, 3.63) is 71.3 Å². The average Bonchev–Trinajstić information content (AvgIpc) is 2.68. The van der Waals surface area contributed by atoms with Crippen molar-refractivity contribution in [3.8, 4) is 0 Å². The van der Waals surface area contributed by atoms with Crippen LogP contribution in [-0.2, 0) is 26.0 Å². The van der Waals surface area contributed by atoms with Gasteiger partial charge in [-0.3, -0.25) is 5.41 Å². The van der Waals surface area contributed by atoms with Crippen LogP contribution >= 0.6 is 0 Å². The van der Waals surface area contributed by atoms with Gasteiger partial charge in [-0.1, -0.05) is 24.3 Å². The molecule has 0 amide bonds. The number of carbonyl (C=O) groups is 1. The van der Waals surface area contributed by atoms with Crippen LogP contribution < -0.4 is 10.5 Å². The van der Waals surface area contributed by atoms with Crippen LogP contribution in [0.5, 0.6) is 0 Å². The zero-order valence-electron chi connectivity index (χ0n) is 15.7. The van der Waals surface area contributed by atoms with Gasteiger partial charge < -0.3 is 10.5 Å². The van der Waals surface area contributed by atoms with Crippen LogP contribution in [0.1, 0.15) is 23.6 Å². The topological polar surface area (TPSA) is 122 Å². The van der Waals surface area contributed by atoms with Gasteiger partial charge in [0.05, 0.1) is 12.0 Å². The third-order valence-corrected chi connectivity index (χ3v) is 5.60. The van der Waals surface area contributed by atoms with Crippen molar-refractivity contribution < 1.29 is 17.9 Å². The summed E-state index contributed by atoms with van der Waals surface area (Å²) in [5, 5.41) is 7.34. The summed E-state index contributed by atoms with van der Waals surface area (Å²) in [5.74, 6) is -0.524. The summed E-state index contributed by atoms with van der Waals surface area (Å²) in [6.07, 6.45) is 1.94. The summed E-state index contributed by atoms with van der Waals surface area (Å²) < 4.78 is 31.8. The molecule has 0 saturated carbocycles. The summed E-state index contributed by atoms with van der Waals surface area (Å²) in [7, 11) is -2.31. The molecule has 0 aliphatic heterocycles. The highest BCUT2D eigenvalue weighted by molar-refractivity contribution is 7.89. The molecule has 148 valence electrons. The SMILES string of the molecule is COC(=O)/C=C(\C)c1ccc(CCNS(=O)(=O)c2ccc(C(=N)N)cc2)cc1. The van der Waals surface area contributed by atoms with E-state index < -0.39 is 16.0 Å². The molecule has 2 aromatic rings. The molecule has 2 rings (SSSR count). The molecule has 4 N–H and O–H groups in total. The third kappa shape index (κ3) is 5.77. The number of nitrogen functional groups attached to an aromatic ring is 1. The quantitative estimate of drug-likeness (QED) is 0.270. The molecule has 0 saturated heterocycles. The van der Waals surface area contributed by atoms with Crippen LogP contribution in [0.2, 0.25) is 0 Å². The molecule has 0 fully saturated rings. The molecule has 28 heavy (non-hydrogen) atoms. The van der Waals surface area contributed by atoms with Crippen molar-refractivity contribution >= 4 is 27.4 Å². The van der Waals surface area contributed by atoms with E-state index in [2.05, 4.69) is 9.46 Å². The van der Waals surface area contributed by atoms with Gasteiger partial charge in [-0.05, 0) is 54.3 Å². The number of rotatable bonds is 8. The van der Waals surface area contributed by atoms with Crippen LogP contribution in [0.25, 0.3) is 5.57 Å². The summed E-state index contributed by atoms with van der Waals surface area (Å²) in [6, 6.07) is 13.4. The van der Waals surface area contributed by atoms with E-state index in [1.807, 2.05) is 31.2 Å². The van der Waals surface area contributed by atoms with E-state index in [4.69, 9.17) is 11.1 Å². The summed E-state index contributed by atoms with van der Waals surface area (Å²) in [4.78, 5) is 11.4. The fourth-order valence-electron chi connectivity index (χ4n) is 2.48. The van der Waals surface area contributed by atoms with Crippen LogP contribution in [0.15, 0.2) is 59.5 Å². The Morgan fingerprint density at radius 3 is 2.21 bits per heavy atom. The monoisotopic (exact) mass is 401 g/mol. The number of allylic oxidation sites excluding steroid dienone is 1. The number of carbonyl (C=O) groups excluding carboxylic acids is 1. The molecule has 0 bridgehead atoms. The molecule has 0 aromatic heterocycles. The van der Waals surface area contributed by atoms with Crippen molar-refractivity contribution in [3.63, 3.8) is 0 Å². The number of nitrogens with one attached hydrogen (secondary N) is 2. The van der Waals surface area contributed by atoms with E-state index in [0.717, 1.165) is 16.7 Å². The lowest BCUT2D eigenvalue weighted by Gasteiger charge is -2.08. The van der Waals surface area contributed by atoms with Gasteiger partial charge in [-0.25, -0.2) is 17.9 Å². The van der Waals surface area contributed by atoms with E-state index in [0.29, 0.717) is 12.0 Å². The van der Waals surface area contributed by atoms with Gasteiger partial charge in [0, 0.05) is 18.2 Å². The number of nitrogens with two attached hydrogens (primary N) is 1. The minimum absolute atomic E-state index is 0.114. The van der Waals surface area contributed by atoms with Gasteiger partial charge in [0.15, 0.2) is 0 Å². The van der Waals surface area contributed by atoms with E-state index in [-0.39, 0.29) is 17.3 Å². The van der Waals surface area contributed by atoms with Crippen molar-refractivity contribution in [1.29, 1.82) is 5.41 Å². The predicted octanol–water partition coefficient (Wildman–Crippen LogP) is 2.07. The Morgan fingerprint density at radius 1 is 1.11 bits per heavy atom. The Morgan fingerprint density at radius 2 is 1.68 bits per heavy atom. The molecule has 7 nitrogen and oxygen atoms in total. The summed E-state index contributed by atoms with van der Waals surface area (Å²) >= 11 is 0. The first kappa shape index (κ1) is 21.3. The molecule has 0 unspecified atom stereocenters. The van der Waals surface area contributed by atoms with Crippen LogP contribution in [0, 0.1) is 5.41 Å². The molecule has 0 aliphatic rings. The second-order valence-electron chi connectivity index (χ2n) is 6.13. The van der Waals surface area contributed by atoms with Gasteiger partial charge in [-0.15, -0.1) is 0 Å². The Labute approximate surface area is 164 Å². The number of sulfonamides is 1. The molecule has 8 heteroatoms. The Hall–Kier alpha value is -2.97. The number of ether oxygens (including phenoxy) is 1. The smallest absolute Gasteiger partial charge is 0.330 e.